The van der Waals surface area contributed by atoms with E-state index in [-0.39, 0.29) is 11.8 Å². The minimum Gasteiger partial charge on any atom is -0.356 e. The molecule has 0 aromatic carbocycles. The van der Waals surface area contributed by atoms with Crippen LogP contribution in [0.2, 0.25) is 0 Å². The van der Waals surface area contributed by atoms with Crippen LogP contribution in [0, 0.1) is 11.8 Å². The summed E-state index contributed by atoms with van der Waals surface area (Å²) >= 11 is 0. The zero-order valence-electron chi connectivity index (χ0n) is 8.26. The normalized spacial score (nSPS) is 13.1. The van der Waals surface area contributed by atoms with Crippen molar-refractivity contribution in [3.05, 3.63) is 0 Å². The summed E-state index contributed by atoms with van der Waals surface area (Å²) < 4.78 is 0. The predicted octanol–water partition coefficient (Wildman–Crippen LogP) is 0.743. The minimum atomic E-state index is 0.113. The number of carbonyl (C=O) groups excluding carboxylic acids is 1. The molecule has 1 amide bonds. The van der Waals surface area contributed by atoms with Gasteiger partial charge in [-0.2, -0.15) is 0 Å². The van der Waals surface area contributed by atoms with Crippen LogP contribution in [0.25, 0.3) is 0 Å². The topological polar surface area (TPSA) is 55.1 Å². The van der Waals surface area contributed by atoms with Crippen LogP contribution in [-0.2, 0) is 4.79 Å². The lowest BCUT2D eigenvalue weighted by atomic mass is 10.1. The van der Waals surface area contributed by atoms with Gasteiger partial charge in [0.05, 0.1) is 0 Å². The molecule has 3 nitrogen and oxygen atoms in total. The molecule has 0 heterocycles. The molecule has 0 aliphatic carbocycles. The predicted molar refractivity (Wildman–Crippen MR) is 50.7 cm³/mol. The summed E-state index contributed by atoms with van der Waals surface area (Å²) in [5.41, 5.74) is 5.40. The van der Waals surface area contributed by atoms with Crippen LogP contribution in [0.3, 0.4) is 0 Å². The molecule has 12 heavy (non-hydrogen) atoms. The first-order valence-electron chi connectivity index (χ1n) is 4.53. The maximum absolute atomic E-state index is 11.2. The molecule has 0 rings (SSSR count). The summed E-state index contributed by atoms with van der Waals surface area (Å²) in [6, 6.07) is 0. The number of nitrogens with two attached hydrogens (primary N) is 1. The number of hydrogen-bond donors (Lipinski definition) is 2. The van der Waals surface area contributed by atoms with Crippen LogP contribution in [0.15, 0.2) is 0 Å². The fourth-order valence-electron chi connectivity index (χ4n) is 0.790. The van der Waals surface area contributed by atoms with Gasteiger partial charge in [0, 0.05) is 13.0 Å². The first kappa shape index (κ1) is 11.4. The highest BCUT2D eigenvalue weighted by molar-refractivity contribution is 5.76. The van der Waals surface area contributed by atoms with Gasteiger partial charge in [0.25, 0.3) is 0 Å². The van der Waals surface area contributed by atoms with Crippen molar-refractivity contribution in [2.24, 2.45) is 17.6 Å². The van der Waals surface area contributed by atoms with Crippen molar-refractivity contribution in [1.29, 1.82) is 0 Å². The van der Waals surface area contributed by atoms with Gasteiger partial charge >= 0.3 is 0 Å². The van der Waals surface area contributed by atoms with E-state index in [9.17, 15) is 4.79 Å². The number of hydrogen-bond acceptors (Lipinski definition) is 2. The van der Waals surface area contributed by atoms with Gasteiger partial charge < -0.3 is 11.1 Å². The van der Waals surface area contributed by atoms with Gasteiger partial charge in [0.15, 0.2) is 0 Å². The summed E-state index contributed by atoms with van der Waals surface area (Å²) in [4.78, 5) is 11.2. The minimum absolute atomic E-state index is 0.113. The van der Waals surface area contributed by atoms with E-state index in [0.717, 1.165) is 6.54 Å². The second-order valence-electron chi connectivity index (χ2n) is 3.74. The Morgan fingerprint density at radius 2 is 2.00 bits per heavy atom. The van der Waals surface area contributed by atoms with Crippen molar-refractivity contribution in [2.45, 2.75) is 27.2 Å². The Morgan fingerprint density at radius 3 is 2.42 bits per heavy atom. The van der Waals surface area contributed by atoms with Crippen molar-refractivity contribution < 1.29 is 4.79 Å². The summed E-state index contributed by atoms with van der Waals surface area (Å²) in [5.74, 6) is 0.918. The molecule has 0 aliphatic rings. The monoisotopic (exact) mass is 172 g/mol. The zero-order chi connectivity index (χ0) is 9.56. The first-order chi connectivity index (χ1) is 5.56. The smallest absolute Gasteiger partial charge is 0.220 e. The third kappa shape index (κ3) is 6.16. The second-order valence-corrected chi connectivity index (χ2v) is 3.74. The lowest BCUT2D eigenvalue weighted by Gasteiger charge is -2.10. The molecule has 1 atom stereocenters. The van der Waals surface area contributed by atoms with E-state index < -0.39 is 0 Å². The van der Waals surface area contributed by atoms with Gasteiger partial charge in [0.2, 0.25) is 5.91 Å². The molecule has 0 radical (unpaired) electrons. The molecule has 0 unspecified atom stereocenters. The van der Waals surface area contributed by atoms with Gasteiger partial charge in [0.1, 0.15) is 0 Å². The number of carbonyl (C=O) groups is 1. The molecule has 0 saturated heterocycles. The molecule has 0 aliphatic heterocycles. The van der Waals surface area contributed by atoms with E-state index in [1.807, 2.05) is 6.92 Å². The largest absolute Gasteiger partial charge is 0.356 e. The van der Waals surface area contributed by atoms with Crippen LogP contribution in [-0.4, -0.2) is 19.0 Å². The highest BCUT2D eigenvalue weighted by Gasteiger charge is 2.06. The van der Waals surface area contributed by atoms with Crippen LogP contribution < -0.4 is 11.1 Å². The lowest BCUT2D eigenvalue weighted by molar-refractivity contribution is -0.121. The Hall–Kier alpha value is -0.570. The van der Waals surface area contributed by atoms with Crippen molar-refractivity contribution in [3.8, 4) is 0 Å². The van der Waals surface area contributed by atoms with Crippen LogP contribution in [0.4, 0.5) is 0 Å². The van der Waals surface area contributed by atoms with E-state index in [1.165, 1.54) is 0 Å². The standard InChI is InChI=1S/C9H20N2O/c1-7(2)6-11-9(12)4-8(3)5-10/h7-8H,4-6,10H2,1-3H3,(H,11,12)/t8-/m1/s1. The highest BCUT2D eigenvalue weighted by Crippen LogP contribution is 1.98. The van der Waals surface area contributed by atoms with Crippen molar-refractivity contribution in [2.75, 3.05) is 13.1 Å². The van der Waals surface area contributed by atoms with E-state index in [4.69, 9.17) is 5.73 Å². The molecule has 0 bridgehead atoms. The fraction of sp³-hybridized carbons (Fsp3) is 0.889. The van der Waals surface area contributed by atoms with Gasteiger partial charge in [-0.05, 0) is 18.4 Å². The summed E-state index contributed by atoms with van der Waals surface area (Å²) in [6.45, 7) is 7.47. The zero-order valence-corrected chi connectivity index (χ0v) is 8.26. The van der Waals surface area contributed by atoms with E-state index in [0.29, 0.717) is 18.9 Å². The van der Waals surface area contributed by atoms with Crippen molar-refractivity contribution >= 4 is 5.91 Å². The molecule has 3 heteroatoms. The maximum atomic E-state index is 11.2. The average Bonchev–Trinajstić information content (AvgIpc) is 2.00. The number of rotatable bonds is 5. The average molecular weight is 172 g/mol. The van der Waals surface area contributed by atoms with Gasteiger partial charge in [-0.25, -0.2) is 0 Å². The quantitative estimate of drug-likeness (QED) is 0.642. The Balaban J connectivity index is 3.46. The summed E-state index contributed by atoms with van der Waals surface area (Å²) in [5, 5.41) is 2.85. The van der Waals surface area contributed by atoms with E-state index >= 15 is 0 Å². The Morgan fingerprint density at radius 1 is 1.42 bits per heavy atom. The fourth-order valence-corrected chi connectivity index (χ4v) is 0.790. The third-order valence-corrected chi connectivity index (χ3v) is 1.64. The van der Waals surface area contributed by atoms with Crippen molar-refractivity contribution in [1.82, 2.24) is 5.32 Å². The SMILES string of the molecule is CC(C)CNC(=O)C[C@@H](C)CN. The van der Waals surface area contributed by atoms with Gasteiger partial charge in [-0.3, -0.25) is 4.79 Å². The Bertz CT molecular complexity index is 134. The van der Waals surface area contributed by atoms with Crippen LogP contribution in [0.1, 0.15) is 27.2 Å². The number of nitrogens with one attached hydrogen (secondary N) is 1. The van der Waals surface area contributed by atoms with Gasteiger partial charge in [-0.15, -0.1) is 0 Å². The molecule has 0 saturated carbocycles. The lowest BCUT2D eigenvalue weighted by Crippen LogP contribution is -2.29. The Labute approximate surface area is 74.7 Å². The molecule has 72 valence electrons. The third-order valence-electron chi connectivity index (χ3n) is 1.64. The van der Waals surface area contributed by atoms with E-state index in [1.54, 1.807) is 0 Å². The van der Waals surface area contributed by atoms with Crippen LogP contribution in [0.5, 0.6) is 0 Å². The second kappa shape index (κ2) is 6.00. The highest BCUT2D eigenvalue weighted by atomic mass is 16.1. The van der Waals surface area contributed by atoms with E-state index in [2.05, 4.69) is 19.2 Å². The first-order valence-corrected chi connectivity index (χ1v) is 4.53. The molecule has 0 spiro atoms. The number of amides is 1. The molecule has 0 fully saturated rings. The molecular weight excluding hydrogens is 152 g/mol. The summed E-state index contributed by atoms with van der Waals surface area (Å²) in [6.07, 6.45) is 0.545. The van der Waals surface area contributed by atoms with Crippen LogP contribution >= 0.6 is 0 Å². The van der Waals surface area contributed by atoms with Crippen molar-refractivity contribution in [3.63, 3.8) is 0 Å². The molecule has 3 N–H and O–H groups in total. The van der Waals surface area contributed by atoms with Gasteiger partial charge in [-0.1, -0.05) is 20.8 Å². The maximum Gasteiger partial charge on any atom is 0.220 e. The molecular formula is C9H20N2O. The molecule has 0 aromatic rings. The molecule has 0 aromatic heterocycles. The summed E-state index contributed by atoms with van der Waals surface area (Å²) in [7, 11) is 0. The Kier molecular flexibility index (Phi) is 5.72.